The molecule has 178 valence electrons. The second-order valence-corrected chi connectivity index (χ2v) is 8.86. The summed E-state index contributed by atoms with van der Waals surface area (Å²) >= 11 is 6.21. The van der Waals surface area contributed by atoms with Gasteiger partial charge in [0.25, 0.3) is 0 Å². The average molecular weight is 477 g/mol. The average Bonchev–Trinajstić information content (AvgIpc) is 2.85. The van der Waals surface area contributed by atoms with E-state index in [0.717, 1.165) is 23.1 Å². The van der Waals surface area contributed by atoms with Gasteiger partial charge in [-0.05, 0) is 54.2 Å². The highest BCUT2D eigenvalue weighted by atomic mass is 35.5. The van der Waals surface area contributed by atoms with E-state index >= 15 is 0 Å². The molecule has 0 fully saturated rings. The number of carbonyl (C=O) groups excluding carboxylic acids is 2. The molecular weight excluding hydrogens is 444 g/mol. The summed E-state index contributed by atoms with van der Waals surface area (Å²) in [4.78, 5) is 28.5. The molecule has 34 heavy (non-hydrogen) atoms. The molecule has 0 aromatic heterocycles. The van der Waals surface area contributed by atoms with Crippen LogP contribution in [0.2, 0.25) is 5.02 Å². The molecule has 0 saturated carbocycles. The van der Waals surface area contributed by atoms with E-state index in [9.17, 15) is 9.59 Å². The molecule has 2 amide bonds. The smallest absolute Gasteiger partial charge is 0.243 e. The van der Waals surface area contributed by atoms with Gasteiger partial charge in [-0.25, -0.2) is 0 Å². The predicted octanol–water partition coefficient (Wildman–Crippen LogP) is 5.61. The standard InChI is InChI=1S/C29H33ClN2O2/c1-3-22-13-15-23(16-14-22)17-18-28(33)32(21-25-11-8-12-26(30)19-25)27(29(34)31-4-2)20-24-9-6-5-7-10-24/h5-16,19,27H,3-4,17-18,20-21H2,1-2H3,(H,31,34). The quantitative estimate of drug-likeness (QED) is 0.391. The van der Waals surface area contributed by atoms with Crippen LogP contribution in [0.25, 0.3) is 0 Å². The van der Waals surface area contributed by atoms with Crippen molar-refractivity contribution < 1.29 is 9.59 Å². The minimum absolute atomic E-state index is 0.0493. The van der Waals surface area contributed by atoms with Crippen molar-refractivity contribution in [1.29, 1.82) is 0 Å². The highest BCUT2D eigenvalue weighted by Gasteiger charge is 2.30. The molecule has 1 N–H and O–H groups in total. The van der Waals surface area contributed by atoms with Gasteiger partial charge >= 0.3 is 0 Å². The van der Waals surface area contributed by atoms with Gasteiger partial charge in [-0.1, -0.05) is 85.3 Å². The van der Waals surface area contributed by atoms with Gasteiger partial charge in [-0.3, -0.25) is 9.59 Å². The number of hydrogen-bond acceptors (Lipinski definition) is 2. The van der Waals surface area contributed by atoms with Gasteiger partial charge in [0.2, 0.25) is 11.8 Å². The molecule has 3 rings (SSSR count). The van der Waals surface area contributed by atoms with Gasteiger partial charge in [0.15, 0.2) is 0 Å². The SMILES string of the molecule is CCNC(=O)C(Cc1ccccc1)N(Cc1cccc(Cl)c1)C(=O)CCc1ccc(CC)cc1. The summed E-state index contributed by atoms with van der Waals surface area (Å²) in [5.74, 6) is -0.194. The van der Waals surface area contributed by atoms with Crippen LogP contribution < -0.4 is 5.32 Å². The highest BCUT2D eigenvalue weighted by molar-refractivity contribution is 6.30. The highest BCUT2D eigenvalue weighted by Crippen LogP contribution is 2.19. The lowest BCUT2D eigenvalue weighted by molar-refractivity contribution is -0.141. The van der Waals surface area contributed by atoms with Gasteiger partial charge in [0.05, 0.1) is 0 Å². The van der Waals surface area contributed by atoms with Gasteiger partial charge in [-0.15, -0.1) is 0 Å². The van der Waals surface area contributed by atoms with Crippen molar-refractivity contribution in [2.24, 2.45) is 0 Å². The van der Waals surface area contributed by atoms with E-state index in [2.05, 4.69) is 36.5 Å². The second kappa shape index (κ2) is 13.0. The zero-order chi connectivity index (χ0) is 24.3. The number of halogens is 1. The van der Waals surface area contributed by atoms with E-state index in [1.54, 1.807) is 4.90 Å². The Kier molecular flexibility index (Phi) is 9.72. The lowest BCUT2D eigenvalue weighted by Crippen LogP contribution is -2.50. The molecule has 3 aromatic carbocycles. The second-order valence-electron chi connectivity index (χ2n) is 8.42. The van der Waals surface area contributed by atoms with Crippen molar-refractivity contribution in [3.63, 3.8) is 0 Å². The van der Waals surface area contributed by atoms with Crippen LogP contribution in [0, 0.1) is 0 Å². The molecule has 0 radical (unpaired) electrons. The number of amides is 2. The maximum Gasteiger partial charge on any atom is 0.243 e. The van der Waals surface area contributed by atoms with Crippen LogP contribution in [0.1, 0.15) is 42.5 Å². The fourth-order valence-corrected chi connectivity index (χ4v) is 4.23. The number of rotatable bonds is 11. The Morgan fingerprint density at radius 1 is 0.853 bits per heavy atom. The van der Waals surface area contributed by atoms with E-state index in [4.69, 9.17) is 11.6 Å². The van der Waals surface area contributed by atoms with Gasteiger partial charge < -0.3 is 10.2 Å². The first kappa shape index (κ1) is 25.5. The fourth-order valence-electron chi connectivity index (χ4n) is 4.01. The van der Waals surface area contributed by atoms with Gasteiger partial charge in [-0.2, -0.15) is 0 Å². The molecule has 0 aliphatic carbocycles. The largest absolute Gasteiger partial charge is 0.355 e. The predicted molar refractivity (Wildman–Crippen MR) is 139 cm³/mol. The van der Waals surface area contributed by atoms with Crippen LogP contribution in [0.3, 0.4) is 0 Å². The van der Waals surface area contributed by atoms with Crippen molar-refractivity contribution in [1.82, 2.24) is 10.2 Å². The van der Waals surface area contributed by atoms with Crippen LogP contribution in [-0.2, 0) is 35.4 Å². The lowest BCUT2D eigenvalue weighted by Gasteiger charge is -2.31. The molecule has 1 atom stereocenters. The topological polar surface area (TPSA) is 49.4 Å². The number of nitrogens with zero attached hydrogens (tertiary/aromatic N) is 1. The molecule has 0 spiro atoms. The van der Waals surface area contributed by atoms with Crippen LogP contribution in [0.5, 0.6) is 0 Å². The Hall–Kier alpha value is -3.11. The monoisotopic (exact) mass is 476 g/mol. The number of benzene rings is 3. The summed E-state index contributed by atoms with van der Waals surface area (Å²) in [7, 11) is 0. The molecular formula is C29H33ClN2O2. The first-order valence-electron chi connectivity index (χ1n) is 11.9. The number of likely N-dealkylation sites (N-methyl/N-ethyl adjacent to an activating group) is 1. The summed E-state index contributed by atoms with van der Waals surface area (Å²) in [6, 6.07) is 25.1. The lowest BCUT2D eigenvalue weighted by atomic mass is 10.0. The third kappa shape index (κ3) is 7.46. The minimum atomic E-state index is -0.615. The van der Waals surface area contributed by atoms with E-state index in [-0.39, 0.29) is 11.8 Å². The number of nitrogens with one attached hydrogen (secondary N) is 1. The molecule has 5 heteroatoms. The van der Waals surface area contributed by atoms with Crippen LogP contribution in [0.4, 0.5) is 0 Å². The van der Waals surface area contributed by atoms with E-state index in [1.807, 2.05) is 61.5 Å². The first-order chi connectivity index (χ1) is 16.5. The summed E-state index contributed by atoms with van der Waals surface area (Å²) < 4.78 is 0. The van der Waals surface area contributed by atoms with E-state index in [1.165, 1.54) is 5.56 Å². The normalized spacial score (nSPS) is 11.6. The fraction of sp³-hybridized carbons (Fsp3) is 0.310. The Morgan fingerprint density at radius 3 is 2.18 bits per heavy atom. The van der Waals surface area contributed by atoms with Crippen molar-refractivity contribution in [3.8, 4) is 0 Å². The van der Waals surface area contributed by atoms with Crippen LogP contribution >= 0.6 is 11.6 Å². The summed E-state index contributed by atoms with van der Waals surface area (Å²) in [6.07, 6.45) is 2.39. The van der Waals surface area contributed by atoms with Crippen molar-refractivity contribution in [2.45, 2.75) is 52.1 Å². The Morgan fingerprint density at radius 2 is 1.53 bits per heavy atom. The Balaban J connectivity index is 1.86. The first-order valence-corrected chi connectivity index (χ1v) is 12.3. The summed E-state index contributed by atoms with van der Waals surface area (Å²) in [5.41, 5.74) is 4.30. The van der Waals surface area contributed by atoms with Crippen molar-refractivity contribution >= 4 is 23.4 Å². The Bertz CT molecular complexity index is 1070. The van der Waals surface area contributed by atoms with Crippen molar-refractivity contribution in [2.75, 3.05) is 6.54 Å². The Labute approximate surface area is 207 Å². The summed E-state index contributed by atoms with van der Waals surface area (Å²) in [6.45, 7) is 4.84. The molecule has 1 unspecified atom stereocenters. The zero-order valence-corrected chi connectivity index (χ0v) is 20.7. The van der Waals surface area contributed by atoms with E-state index in [0.29, 0.717) is 37.4 Å². The van der Waals surface area contributed by atoms with Crippen LogP contribution in [-0.4, -0.2) is 29.3 Å². The minimum Gasteiger partial charge on any atom is -0.355 e. The number of hydrogen-bond donors (Lipinski definition) is 1. The number of aryl methyl sites for hydroxylation is 2. The van der Waals surface area contributed by atoms with Gasteiger partial charge in [0, 0.05) is 31.0 Å². The summed E-state index contributed by atoms with van der Waals surface area (Å²) in [5, 5.41) is 3.54. The molecule has 4 nitrogen and oxygen atoms in total. The van der Waals surface area contributed by atoms with Crippen LogP contribution in [0.15, 0.2) is 78.9 Å². The van der Waals surface area contributed by atoms with Gasteiger partial charge in [0.1, 0.15) is 6.04 Å². The molecule has 0 bridgehead atoms. The van der Waals surface area contributed by atoms with Crippen molar-refractivity contribution in [3.05, 3.63) is 106 Å². The third-order valence-corrected chi connectivity index (χ3v) is 6.16. The maximum absolute atomic E-state index is 13.6. The molecule has 3 aromatic rings. The maximum atomic E-state index is 13.6. The van der Waals surface area contributed by atoms with E-state index < -0.39 is 6.04 Å². The number of carbonyl (C=O) groups is 2. The molecule has 0 aliphatic heterocycles. The molecule has 0 aliphatic rings. The zero-order valence-electron chi connectivity index (χ0n) is 20.0. The molecule has 0 saturated heterocycles. The third-order valence-electron chi connectivity index (χ3n) is 5.92. The molecule has 0 heterocycles.